The van der Waals surface area contributed by atoms with E-state index < -0.39 is 0 Å². The van der Waals surface area contributed by atoms with Crippen molar-refractivity contribution < 1.29 is 30.5 Å². The Bertz CT molecular complexity index is 807. The van der Waals surface area contributed by atoms with Gasteiger partial charge in [0.1, 0.15) is 18.1 Å². The molecule has 3 nitrogen and oxygen atoms in total. The molecule has 130 valence electrons. The Morgan fingerprint density at radius 1 is 0.960 bits per heavy atom. The van der Waals surface area contributed by atoms with E-state index >= 15 is 0 Å². The van der Waals surface area contributed by atoms with E-state index in [4.69, 9.17) is 4.74 Å². The Morgan fingerprint density at radius 2 is 1.60 bits per heavy atom. The van der Waals surface area contributed by atoms with Crippen molar-refractivity contribution in [2.24, 2.45) is 7.05 Å². The van der Waals surface area contributed by atoms with Crippen LogP contribution in [0.2, 0.25) is 0 Å². The first-order valence-electron chi connectivity index (χ1n) is 8.57. The third-order valence-corrected chi connectivity index (χ3v) is 6.94. The molecule has 0 radical (unpaired) electrons. The number of hydrogen-bond acceptors (Lipinski definition) is 1. The number of halogens is 1. The minimum atomic E-state index is -0.107. The topological polar surface area (TPSA) is 18.0 Å². The standard InChI is InChI=1S/C21H25IN2O/c1-17-5-7-19(8-6-17)22-20-9-11-21(12-10-20)25-16-4-13-24-15-14-23(3)18(24)2/h5-12,14-15H,4,13,16H2,1-3H3/q+2. The Kier molecular flexibility index (Phi) is 6.13. The molecule has 1 aromatic heterocycles. The third kappa shape index (κ3) is 5.08. The van der Waals surface area contributed by atoms with Crippen LogP contribution in [0.5, 0.6) is 5.75 Å². The van der Waals surface area contributed by atoms with Crippen molar-refractivity contribution in [1.82, 2.24) is 4.57 Å². The summed E-state index contributed by atoms with van der Waals surface area (Å²) in [6, 6.07) is 17.5. The van der Waals surface area contributed by atoms with E-state index in [1.165, 1.54) is 18.5 Å². The van der Waals surface area contributed by atoms with Gasteiger partial charge in [0.05, 0.1) is 20.2 Å². The quantitative estimate of drug-likeness (QED) is 0.293. The number of aryl methyl sites for hydroxylation is 3. The number of rotatable bonds is 7. The van der Waals surface area contributed by atoms with E-state index in [0.717, 1.165) is 25.3 Å². The second kappa shape index (κ2) is 8.52. The lowest BCUT2D eigenvalue weighted by Gasteiger charge is -2.05. The predicted octanol–water partition coefficient (Wildman–Crippen LogP) is 0.527. The van der Waals surface area contributed by atoms with Gasteiger partial charge in [-0.25, -0.2) is 9.13 Å². The molecule has 0 aliphatic carbocycles. The number of imidazole rings is 1. The molecule has 3 aromatic rings. The smallest absolute Gasteiger partial charge is 0.357 e. The molecule has 0 aliphatic heterocycles. The molecule has 0 unspecified atom stereocenters. The highest BCUT2D eigenvalue weighted by molar-refractivity contribution is 5.21. The van der Waals surface area contributed by atoms with Crippen LogP contribution in [0.3, 0.4) is 0 Å². The molecule has 0 fully saturated rings. The zero-order chi connectivity index (χ0) is 17.6. The fraction of sp³-hybridized carbons (Fsp3) is 0.286. The Morgan fingerprint density at radius 3 is 2.20 bits per heavy atom. The highest BCUT2D eigenvalue weighted by Crippen LogP contribution is 2.09. The van der Waals surface area contributed by atoms with Gasteiger partial charge in [-0.1, -0.05) is 17.7 Å². The average molecular weight is 448 g/mol. The Hall–Kier alpha value is -1.82. The first-order chi connectivity index (χ1) is 12.1. The molecule has 4 heteroatoms. The summed E-state index contributed by atoms with van der Waals surface area (Å²) in [7, 11) is 2.07. The van der Waals surface area contributed by atoms with E-state index in [9.17, 15) is 0 Å². The molecular weight excluding hydrogens is 423 g/mol. The second-order valence-corrected chi connectivity index (χ2v) is 9.23. The molecule has 2 aromatic carbocycles. The number of ether oxygens (including phenoxy) is 1. The van der Waals surface area contributed by atoms with Crippen LogP contribution in [0.4, 0.5) is 0 Å². The van der Waals surface area contributed by atoms with Crippen LogP contribution in [0.25, 0.3) is 0 Å². The van der Waals surface area contributed by atoms with E-state index in [-0.39, 0.29) is 21.2 Å². The highest BCUT2D eigenvalue weighted by atomic mass is 127. The van der Waals surface area contributed by atoms with Crippen LogP contribution in [-0.4, -0.2) is 11.2 Å². The van der Waals surface area contributed by atoms with E-state index in [1.807, 2.05) is 0 Å². The molecule has 0 aliphatic rings. The van der Waals surface area contributed by atoms with Crippen molar-refractivity contribution in [2.75, 3.05) is 6.61 Å². The molecule has 25 heavy (non-hydrogen) atoms. The monoisotopic (exact) mass is 448 g/mol. The van der Waals surface area contributed by atoms with E-state index in [2.05, 4.69) is 91.0 Å². The van der Waals surface area contributed by atoms with Gasteiger partial charge >= 0.3 is 21.2 Å². The molecule has 1 heterocycles. The van der Waals surface area contributed by atoms with Gasteiger partial charge in [-0.05, 0) is 43.3 Å². The van der Waals surface area contributed by atoms with Gasteiger partial charge in [0.2, 0.25) is 0 Å². The maximum absolute atomic E-state index is 5.89. The summed E-state index contributed by atoms with van der Waals surface area (Å²) in [5.41, 5.74) is 1.32. The van der Waals surface area contributed by atoms with Crippen molar-refractivity contribution in [3.8, 4) is 5.75 Å². The van der Waals surface area contributed by atoms with Crippen LogP contribution in [0.15, 0.2) is 60.9 Å². The van der Waals surface area contributed by atoms with Crippen LogP contribution < -0.4 is 30.5 Å². The van der Waals surface area contributed by atoms with Crippen molar-refractivity contribution in [1.29, 1.82) is 0 Å². The molecule has 0 spiro atoms. The largest absolute Gasteiger partial charge is 0.493 e. The lowest BCUT2D eigenvalue weighted by molar-refractivity contribution is -0.677. The van der Waals surface area contributed by atoms with Gasteiger partial charge in [0.15, 0.2) is 7.14 Å². The molecule has 0 amide bonds. The summed E-state index contributed by atoms with van der Waals surface area (Å²) in [5.74, 6) is 2.23. The van der Waals surface area contributed by atoms with Gasteiger partial charge in [-0.2, -0.15) is 0 Å². The van der Waals surface area contributed by atoms with Gasteiger partial charge in [-0.15, -0.1) is 0 Å². The SMILES string of the molecule is Cc1ccc([I+]c2ccc(OCCCn3cc[n+](C)c3C)cc2)cc1. The van der Waals surface area contributed by atoms with Gasteiger partial charge in [-0.3, -0.25) is 0 Å². The number of benzene rings is 2. The molecule has 3 rings (SSSR count). The summed E-state index contributed by atoms with van der Waals surface area (Å²) in [5, 5.41) is 0. The summed E-state index contributed by atoms with van der Waals surface area (Å²) in [6.45, 7) is 6.00. The lowest BCUT2D eigenvalue weighted by Crippen LogP contribution is -3.61. The van der Waals surface area contributed by atoms with E-state index in [1.54, 1.807) is 0 Å². The lowest BCUT2D eigenvalue weighted by atomic mass is 10.2. The number of aromatic nitrogens is 2. The Labute approximate surface area is 160 Å². The Balaban J connectivity index is 1.46. The van der Waals surface area contributed by atoms with Gasteiger partial charge in [0, 0.05) is 13.3 Å². The predicted molar refractivity (Wildman–Crippen MR) is 95.5 cm³/mol. The van der Waals surface area contributed by atoms with Crippen LogP contribution >= 0.6 is 0 Å². The van der Waals surface area contributed by atoms with Crippen LogP contribution in [-0.2, 0) is 13.6 Å². The number of nitrogens with zero attached hydrogens (tertiary/aromatic N) is 2. The maximum Gasteiger partial charge on any atom is 0.357 e. The molecule has 0 saturated heterocycles. The van der Waals surface area contributed by atoms with Crippen molar-refractivity contribution >= 4 is 0 Å². The summed E-state index contributed by atoms with van der Waals surface area (Å²) >= 11 is -0.107. The van der Waals surface area contributed by atoms with Gasteiger partial charge < -0.3 is 4.74 Å². The van der Waals surface area contributed by atoms with Gasteiger partial charge in [0.25, 0.3) is 5.82 Å². The first kappa shape index (κ1) is 18.0. The molecular formula is C21H25IN2O+2. The zero-order valence-electron chi connectivity index (χ0n) is 15.1. The summed E-state index contributed by atoms with van der Waals surface area (Å²) in [4.78, 5) is 0. The minimum absolute atomic E-state index is 0.107. The minimum Gasteiger partial charge on any atom is -0.493 e. The van der Waals surface area contributed by atoms with Crippen molar-refractivity contribution in [2.45, 2.75) is 26.8 Å². The van der Waals surface area contributed by atoms with E-state index in [0.29, 0.717) is 0 Å². The number of hydrogen-bond donors (Lipinski definition) is 0. The average Bonchev–Trinajstić information content (AvgIpc) is 2.94. The molecule has 0 bridgehead atoms. The first-order valence-corrected chi connectivity index (χ1v) is 10.7. The normalized spacial score (nSPS) is 10.8. The summed E-state index contributed by atoms with van der Waals surface area (Å²) < 4.78 is 13.2. The maximum atomic E-state index is 5.89. The molecule has 0 saturated carbocycles. The zero-order valence-corrected chi connectivity index (χ0v) is 17.2. The van der Waals surface area contributed by atoms with Crippen LogP contribution in [0, 0.1) is 21.0 Å². The summed E-state index contributed by atoms with van der Waals surface area (Å²) in [6.07, 6.45) is 5.22. The second-order valence-electron chi connectivity index (χ2n) is 6.20. The molecule has 0 atom stereocenters. The fourth-order valence-corrected chi connectivity index (χ4v) is 4.73. The third-order valence-electron chi connectivity index (χ3n) is 4.25. The molecule has 0 N–H and O–H groups in total. The fourth-order valence-electron chi connectivity index (χ4n) is 2.58. The van der Waals surface area contributed by atoms with Crippen molar-refractivity contribution in [3.63, 3.8) is 0 Å². The van der Waals surface area contributed by atoms with Crippen molar-refractivity contribution in [3.05, 3.63) is 79.5 Å². The highest BCUT2D eigenvalue weighted by Gasteiger charge is 2.15. The van der Waals surface area contributed by atoms with Crippen LogP contribution in [0.1, 0.15) is 17.8 Å².